The van der Waals surface area contributed by atoms with Crippen molar-refractivity contribution in [1.82, 2.24) is 0 Å². The summed E-state index contributed by atoms with van der Waals surface area (Å²) in [5, 5.41) is 0. The first-order valence-electron chi connectivity index (χ1n) is 10.9. The molecule has 0 saturated carbocycles. The zero-order chi connectivity index (χ0) is 20.6. The number of rotatable bonds is 4. The lowest BCUT2D eigenvalue weighted by atomic mass is 9.82. The Morgan fingerprint density at radius 1 is 0.655 bits per heavy atom. The Morgan fingerprint density at radius 3 is 1.79 bits per heavy atom. The van der Waals surface area contributed by atoms with Crippen molar-refractivity contribution in [1.29, 1.82) is 0 Å². The minimum Gasteiger partial charge on any atom is -0.0836 e. The second-order valence-corrected chi connectivity index (χ2v) is 7.51. The van der Waals surface area contributed by atoms with Gasteiger partial charge in [0.2, 0.25) is 0 Å². The van der Waals surface area contributed by atoms with E-state index in [4.69, 9.17) is 0 Å². The van der Waals surface area contributed by atoms with Crippen LogP contribution in [0.4, 0.5) is 0 Å². The minimum absolute atomic E-state index is 0.455. The van der Waals surface area contributed by atoms with Crippen molar-refractivity contribution >= 4 is 5.57 Å². The predicted octanol–water partition coefficient (Wildman–Crippen LogP) is 8.90. The van der Waals surface area contributed by atoms with Crippen molar-refractivity contribution in [2.24, 2.45) is 0 Å². The predicted molar refractivity (Wildman–Crippen MR) is 129 cm³/mol. The molecular weight excluding hydrogens is 348 g/mol. The molecule has 0 heterocycles. The van der Waals surface area contributed by atoms with Crippen LogP contribution in [-0.4, -0.2) is 0 Å². The molecular formula is C29H32. The molecule has 148 valence electrons. The fourth-order valence-corrected chi connectivity index (χ4v) is 3.98. The maximum Gasteiger partial charge on any atom is -0.0137 e. The Labute approximate surface area is 176 Å². The number of benzene rings is 3. The highest BCUT2D eigenvalue weighted by atomic mass is 14.2. The van der Waals surface area contributed by atoms with Gasteiger partial charge >= 0.3 is 0 Å². The van der Waals surface area contributed by atoms with Gasteiger partial charge in [-0.05, 0) is 69.8 Å². The lowest BCUT2D eigenvalue weighted by molar-refractivity contribution is 0.865. The normalized spacial score (nSPS) is 12.9. The SMILES string of the molecule is CC.CC(C)c1c(C2=CCCC=C2)cc(-c2ccccc2)cc1-c1ccccc1. The van der Waals surface area contributed by atoms with Crippen LogP contribution >= 0.6 is 0 Å². The van der Waals surface area contributed by atoms with E-state index in [-0.39, 0.29) is 0 Å². The second kappa shape index (κ2) is 10.1. The molecule has 0 aromatic heterocycles. The van der Waals surface area contributed by atoms with Gasteiger partial charge in [-0.15, -0.1) is 0 Å². The number of allylic oxidation sites excluding steroid dienone is 4. The van der Waals surface area contributed by atoms with Gasteiger partial charge in [0, 0.05) is 0 Å². The van der Waals surface area contributed by atoms with Crippen LogP contribution in [0.25, 0.3) is 27.8 Å². The summed E-state index contributed by atoms with van der Waals surface area (Å²) >= 11 is 0. The van der Waals surface area contributed by atoms with E-state index < -0.39 is 0 Å². The Balaban J connectivity index is 0.00000117. The largest absolute Gasteiger partial charge is 0.0836 e. The van der Waals surface area contributed by atoms with E-state index in [1.165, 1.54) is 39.0 Å². The third-order valence-electron chi connectivity index (χ3n) is 5.26. The maximum absolute atomic E-state index is 2.39. The van der Waals surface area contributed by atoms with Crippen LogP contribution in [0, 0.1) is 0 Å². The van der Waals surface area contributed by atoms with Crippen LogP contribution in [0.2, 0.25) is 0 Å². The maximum atomic E-state index is 2.39. The molecule has 0 spiro atoms. The molecule has 0 N–H and O–H groups in total. The van der Waals surface area contributed by atoms with E-state index in [2.05, 4.69) is 105 Å². The quantitative estimate of drug-likeness (QED) is 0.424. The van der Waals surface area contributed by atoms with Gasteiger partial charge in [0.25, 0.3) is 0 Å². The molecule has 3 aromatic rings. The highest BCUT2D eigenvalue weighted by Gasteiger charge is 2.18. The summed E-state index contributed by atoms with van der Waals surface area (Å²) < 4.78 is 0. The zero-order valence-corrected chi connectivity index (χ0v) is 18.2. The van der Waals surface area contributed by atoms with E-state index >= 15 is 0 Å². The highest BCUT2D eigenvalue weighted by Crippen LogP contribution is 2.40. The number of hydrogen-bond acceptors (Lipinski definition) is 0. The third-order valence-corrected chi connectivity index (χ3v) is 5.26. The summed E-state index contributed by atoms with van der Waals surface area (Å²) in [6.45, 7) is 8.61. The minimum atomic E-state index is 0.455. The topological polar surface area (TPSA) is 0 Å². The van der Waals surface area contributed by atoms with Gasteiger partial charge in [0.1, 0.15) is 0 Å². The van der Waals surface area contributed by atoms with Crippen molar-refractivity contribution in [2.45, 2.75) is 46.5 Å². The lowest BCUT2D eigenvalue weighted by Crippen LogP contribution is -2.01. The Hall–Kier alpha value is -2.86. The molecule has 0 atom stereocenters. The summed E-state index contributed by atoms with van der Waals surface area (Å²) in [4.78, 5) is 0. The van der Waals surface area contributed by atoms with Gasteiger partial charge in [-0.3, -0.25) is 0 Å². The monoisotopic (exact) mass is 380 g/mol. The zero-order valence-electron chi connectivity index (χ0n) is 18.2. The van der Waals surface area contributed by atoms with Gasteiger partial charge in [0.15, 0.2) is 0 Å². The van der Waals surface area contributed by atoms with Crippen molar-refractivity contribution in [3.63, 3.8) is 0 Å². The summed E-state index contributed by atoms with van der Waals surface area (Å²) in [6, 6.07) is 26.3. The molecule has 0 aliphatic heterocycles. The molecule has 0 heteroatoms. The van der Waals surface area contributed by atoms with Gasteiger partial charge < -0.3 is 0 Å². The molecule has 0 fully saturated rings. The van der Waals surface area contributed by atoms with Gasteiger partial charge in [0.05, 0.1) is 0 Å². The summed E-state index contributed by atoms with van der Waals surface area (Å²) in [5.74, 6) is 0.455. The molecule has 0 bridgehead atoms. The van der Waals surface area contributed by atoms with E-state index in [1.54, 1.807) is 0 Å². The molecule has 29 heavy (non-hydrogen) atoms. The molecule has 0 nitrogen and oxygen atoms in total. The van der Waals surface area contributed by atoms with Gasteiger partial charge in [-0.1, -0.05) is 107 Å². The second-order valence-electron chi connectivity index (χ2n) is 7.51. The molecule has 4 rings (SSSR count). The van der Waals surface area contributed by atoms with Crippen LogP contribution in [0.1, 0.15) is 57.6 Å². The average molecular weight is 381 g/mol. The van der Waals surface area contributed by atoms with E-state index in [1.807, 2.05) is 13.8 Å². The van der Waals surface area contributed by atoms with Crippen LogP contribution in [0.15, 0.2) is 91.0 Å². The first-order chi connectivity index (χ1) is 14.2. The van der Waals surface area contributed by atoms with Crippen LogP contribution in [0.5, 0.6) is 0 Å². The first-order valence-corrected chi connectivity index (χ1v) is 10.9. The standard InChI is InChI=1S/C27H26.C2H6/c1-20(2)27-25(22-14-8-4-9-15-22)18-24(21-12-6-3-7-13-21)19-26(27)23-16-10-5-11-17-23;1-2/h3-4,6-10,12-20H,5,11H2,1-2H3;1-2H3. The Morgan fingerprint density at radius 2 is 1.24 bits per heavy atom. The average Bonchev–Trinajstić information content (AvgIpc) is 2.81. The summed E-state index contributed by atoms with van der Waals surface area (Å²) in [6.07, 6.45) is 9.26. The van der Waals surface area contributed by atoms with E-state index in [0.717, 1.165) is 12.8 Å². The summed E-state index contributed by atoms with van der Waals surface area (Å²) in [5.41, 5.74) is 9.38. The van der Waals surface area contributed by atoms with Crippen molar-refractivity contribution in [3.05, 3.63) is 102 Å². The third kappa shape index (κ3) is 4.77. The van der Waals surface area contributed by atoms with Crippen LogP contribution in [-0.2, 0) is 0 Å². The van der Waals surface area contributed by atoms with E-state index in [9.17, 15) is 0 Å². The fraction of sp³-hybridized carbons (Fsp3) is 0.241. The molecule has 1 aliphatic carbocycles. The molecule has 0 unspecified atom stereocenters. The Kier molecular flexibility index (Phi) is 7.25. The van der Waals surface area contributed by atoms with Crippen molar-refractivity contribution in [2.75, 3.05) is 0 Å². The van der Waals surface area contributed by atoms with Crippen molar-refractivity contribution in [3.8, 4) is 22.3 Å². The lowest BCUT2D eigenvalue weighted by Gasteiger charge is -2.22. The first kappa shape index (κ1) is 20.9. The molecule has 0 amide bonds. The van der Waals surface area contributed by atoms with Gasteiger partial charge in [-0.2, -0.15) is 0 Å². The molecule has 1 aliphatic rings. The Bertz CT molecular complexity index is 973. The van der Waals surface area contributed by atoms with Crippen molar-refractivity contribution < 1.29 is 0 Å². The van der Waals surface area contributed by atoms with E-state index in [0.29, 0.717) is 5.92 Å². The summed E-state index contributed by atoms with van der Waals surface area (Å²) in [7, 11) is 0. The fourth-order valence-electron chi connectivity index (χ4n) is 3.98. The number of hydrogen-bond donors (Lipinski definition) is 0. The molecule has 3 aromatic carbocycles. The van der Waals surface area contributed by atoms with Crippen LogP contribution in [0.3, 0.4) is 0 Å². The van der Waals surface area contributed by atoms with Crippen LogP contribution < -0.4 is 0 Å². The highest BCUT2D eigenvalue weighted by molar-refractivity contribution is 5.87. The molecule has 0 radical (unpaired) electrons. The smallest absolute Gasteiger partial charge is 0.0137 e. The van der Waals surface area contributed by atoms with Gasteiger partial charge in [-0.25, -0.2) is 0 Å². The molecule has 0 saturated heterocycles.